The molecule has 0 amide bonds. The summed E-state index contributed by atoms with van der Waals surface area (Å²) in [5.41, 5.74) is 0.586. The second-order valence-corrected chi connectivity index (χ2v) is 5.93. The van der Waals surface area contributed by atoms with Crippen molar-refractivity contribution >= 4 is 37.5 Å². The molecule has 0 saturated carbocycles. The third kappa shape index (κ3) is 3.52. The number of nitrogens with zero attached hydrogens (tertiary/aromatic N) is 2. The minimum absolute atomic E-state index is 0.0690. The Hall–Kier alpha value is -0.490. The third-order valence-electron chi connectivity index (χ3n) is 2.22. The molecule has 0 aliphatic carbocycles. The Morgan fingerprint density at radius 3 is 2.69 bits per heavy atom. The summed E-state index contributed by atoms with van der Waals surface area (Å²) in [7, 11) is 0. The third-order valence-corrected chi connectivity index (χ3v) is 4.04. The molecular weight excluding hydrogens is 340 g/mol. The standard InChI is InChI=1S/C10H12Br2N2O2/c1-6(2)8(12)4-9-10(14(15)16)3-7(11)5-13-9/h3,5-6,8H,4H2,1-2H3. The highest BCUT2D eigenvalue weighted by Gasteiger charge is 2.20. The van der Waals surface area contributed by atoms with Crippen LogP contribution in [0.3, 0.4) is 0 Å². The first-order chi connectivity index (χ1) is 7.41. The average Bonchev–Trinajstić information content (AvgIpc) is 2.20. The van der Waals surface area contributed by atoms with Gasteiger partial charge in [0.25, 0.3) is 5.69 Å². The van der Waals surface area contributed by atoms with Gasteiger partial charge in [-0.05, 0) is 21.8 Å². The van der Waals surface area contributed by atoms with Crippen molar-refractivity contribution in [2.75, 3.05) is 0 Å². The minimum atomic E-state index is -0.396. The Kier molecular flexibility index (Phi) is 4.86. The van der Waals surface area contributed by atoms with Crippen LogP contribution in [0.4, 0.5) is 5.69 Å². The first-order valence-corrected chi connectivity index (χ1v) is 6.55. The number of pyridine rings is 1. The maximum Gasteiger partial charge on any atom is 0.291 e. The predicted molar refractivity (Wildman–Crippen MR) is 69.8 cm³/mol. The molecule has 1 heterocycles. The van der Waals surface area contributed by atoms with Gasteiger partial charge in [0.05, 0.1) is 4.92 Å². The number of hydrogen-bond acceptors (Lipinski definition) is 3. The lowest BCUT2D eigenvalue weighted by molar-refractivity contribution is -0.386. The molecule has 1 aromatic rings. The van der Waals surface area contributed by atoms with E-state index in [9.17, 15) is 10.1 Å². The van der Waals surface area contributed by atoms with E-state index < -0.39 is 4.92 Å². The number of halogens is 2. The molecule has 4 nitrogen and oxygen atoms in total. The number of rotatable bonds is 4. The van der Waals surface area contributed by atoms with Crippen LogP contribution in [0.1, 0.15) is 19.5 Å². The number of hydrogen-bond donors (Lipinski definition) is 0. The lowest BCUT2D eigenvalue weighted by Gasteiger charge is -2.12. The molecule has 1 rings (SSSR count). The molecule has 1 atom stereocenters. The topological polar surface area (TPSA) is 56.0 Å². The van der Waals surface area contributed by atoms with E-state index in [2.05, 4.69) is 50.7 Å². The van der Waals surface area contributed by atoms with Gasteiger partial charge in [0, 0.05) is 28.0 Å². The fourth-order valence-electron chi connectivity index (χ4n) is 1.19. The van der Waals surface area contributed by atoms with Gasteiger partial charge in [-0.15, -0.1) is 0 Å². The molecule has 0 N–H and O–H groups in total. The molecule has 0 radical (unpaired) electrons. The largest absolute Gasteiger partial charge is 0.291 e. The quantitative estimate of drug-likeness (QED) is 0.472. The summed E-state index contributed by atoms with van der Waals surface area (Å²) in [6.45, 7) is 4.12. The van der Waals surface area contributed by atoms with Crippen molar-refractivity contribution in [1.82, 2.24) is 4.98 Å². The van der Waals surface area contributed by atoms with E-state index in [0.29, 0.717) is 22.5 Å². The lowest BCUT2D eigenvalue weighted by Crippen LogP contribution is -2.13. The zero-order valence-corrected chi connectivity index (χ0v) is 12.2. The van der Waals surface area contributed by atoms with E-state index in [1.165, 1.54) is 6.07 Å². The summed E-state index contributed by atoms with van der Waals surface area (Å²) in [6, 6.07) is 1.49. The van der Waals surface area contributed by atoms with E-state index in [1.807, 2.05) is 0 Å². The Morgan fingerprint density at radius 1 is 1.56 bits per heavy atom. The molecule has 16 heavy (non-hydrogen) atoms. The Balaban J connectivity index is 2.99. The van der Waals surface area contributed by atoms with Gasteiger partial charge in [-0.3, -0.25) is 15.1 Å². The summed E-state index contributed by atoms with van der Waals surface area (Å²) < 4.78 is 0.624. The van der Waals surface area contributed by atoms with Crippen molar-refractivity contribution in [3.05, 3.63) is 32.5 Å². The molecule has 0 aromatic carbocycles. The molecule has 0 aliphatic heterocycles. The lowest BCUT2D eigenvalue weighted by atomic mass is 10.1. The first-order valence-electron chi connectivity index (χ1n) is 4.84. The molecule has 0 spiro atoms. The van der Waals surface area contributed by atoms with Crippen molar-refractivity contribution in [2.45, 2.75) is 25.1 Å². The van der Waals surface area contributed by atoms with Crippen LogP contribution in [0, 0.1) is 16.0 Å². The second-order valence-electron chi connectivity index (χ2n) is 3.84. The second kappa shape index (κ2) is 5.72. The van der Waals surface area contributed by atoms with Crippen LogP contribution in [-0.4, -0.2) is 14.7 Å². The van der Waals surface area contributed by atoms with Crippen molar-refractivity contribution < 1.29 is 4.92 Å². The molecule has 0 bridgehead atoms. The number of nitro groups is 1. The van der Waals surface area contributed by atoms with Crippen LogP contribution < -0.4 is 0 Å². The Labute approximate surface area is 111 Å². The van der Waals surface area contributed by atoms with Crippen LogP contribution in [-0.2, 0) is 6.42 Å². The maximum absolute atomic E-state index is 10.9. The van der Waals surface area contributed by atoms with E-state index in [-0.39, 0.29) is 10.5 Å². The Bertz CT molecular complexity index is 396. The summed E-state index contributed by atoms with van der Waals surface area (Å²) >= 11 is 6.69. The maximum atomic E-state index is 10.9. The van der Waals surface area contributed by atoms with Gasteiger partial charge in [-0.25, -0.2) is 0 Å². The van der Waals surface area contributed by atoms with Gasteiger partial charge in [0.1, 0.15) is 5.69 Å². The molecule has 0 saturated heterocycles. The average molecular weight is 352 g/mol. The van der Waals surface area contributed by atoms with E-state index in [4.69, 9.17) is 0 Å². The number of alkyl halides is 1. The normalized spacial score (nSPS) is 12.8. The summed E-state index contributed by atoms with van der Waals surface area (Å²) in [4.78, 5) is 14.8. The van der Waals surface area contributed by atoms with Gasteiger partial charge in [-0.1, -0.05) is 29.8 Å². The summed E-state index contributed by atoms with van der Waals surface area (Å²) in [5.74, 6) is 0.407. The van der Waals surface area contributed by atoms with Crippen molar-refractivity contribution in [3.63, 3.8) is 0 Å². The fourth-order valence-corrected chi connectivity index (χ4v) is 1.82. The molecular formula is C10H12Br2N2O2. The van der Waals surface area contributed by atoms with Crippen LogP contribution in [0.2, 0.25) is 0 Å². The van der Waals surface area contributed by atoms with Gasteiger partial charge >= 0.3 is 0 Å². The summed E-state index contributed by atoms with van der Waals surface area (Å²) in [5, 5.41) is 10.9. The smallest absolute Gasteiger partial charge is 0.258 e. The van der Waals surface area contributed by atoms with Gasteiger partial charge in [0.15, 0.2) is 0 Å². The van der Waals surface area contributed by atoms with Crippen molar-refractivity contribution in [2.24, 2.45) is 5.92 Å². The van der Waals surface area contributed by atoms with Crippen LogP contribution in [0.5, 0.6) is 0 Å². The zero-order valence-electron chi connectivity index (χ0n) is 8.98. The van der Waals surface area contributed by atoms with Crippen molar-refractivity contribution in [1.29, 1.82) is 0 Å². The van der Waals surface area contributed by atoms with E-state index in [0.717, 1.165) is 0 Å². The van der Waals surface area contributed by atoms with E-state index in [1.54, 1.807) is 6.20 Å². The Morgan fingerprint density at radius 2 is 2.19 bits per heavy atom. The minimum Gasteiger partial charge on any atom is -0.258 e. The van der Waals surface area contributed by atoms with Gasteiger partial charge in [-0.2, -0.15) is 0 Å². The predicted octanol–water partition coefficient (Wildman–Crippen LogP) is 3.71. The van der Waals surface area contributed by atoms with E-state index >= 15 is 0 Å². The summed E-state index contributed by atoms with van der Waals surface area (Å²) in [6.07, 6.45) is 2.14. The molecule has 1 unspecified atom stereocenters. The number of aromatic nitrogens is 1. The molecule has 6 heteroatoms. The first kappa shape index (κ1) is 13.6. The van der Waals surface area contributed by atoms with Crippen LogP contribution in [0.15, 0.2) is 16.7 Å². The van der Waals surface area contributed by atoms with Gasteiger partial charge in [0.2, 0.25) is 0 Å². The van der Waals surface area contributed by atoms with Gasteiger partial charge < -0.3 is 0 Å². The SMILES string of the molecule is CC(C)C(Br)Cc1ncc(Br)cc1[N+](=O)[O-]. The molecule has 0 aliphatic rings. The monoisotopic (exact) mass is 350 g/mol. The molecule has 88 valence electrons. The molecule has 0 fully saturated rings. The van der Waals surface area contributed by atoms with Crippen LogP contribution in [0.25, 0.3) is 0 Å². The van der Waals surface area contributed by atoms with Crippen LogP contribution >= 0.6 is 31.9 Å². The highest BCUT2D eigenvalue weighted by molar-refractivity contribution is 9.10. The highest BCUT2D eigenvalue weighted by atomic mass is 79.9. The highest BCUT2D eigenvalue weighted by Crippen LogP contribution is 2.25. The fraction of sp³-hybridized carbons (Fsp3) is 0.500. The zero-order chi connectivity index (χ0) is 12.3. The molecule has 1 aromatic heterocycles. The van der Waals surface area contributed by atoms with Crippen molar-refractivity contribution in [3.8, 4) is 0 Å².